The first-order valence-electron chi connectivity index (χ1n) is 10.2. The summed E-state index contributed by atoms with van der Waals surface area (Å²) in [5, 5.41) is 0. The second-order valence-corrected chi connectivity index (χ2v) is 8.04. The smallest absolute Gasteiger partial charge is 0.271 e. The molecule has 1 amide bonds. The zero-order valence-electron chi connectivity index (χ0n) is 16.9. The van der Waals surface area contributed by atoms with E-state index >= 15 is 0 Å². The normalized spacial score (nSPS) is 20.9. The first-order valence-corrected chi connectivity index (χ1v) is 10.2. The fourth-order valence-corrected chi connectivity index (χ4v) is 4.72. The molecule has 2 aliphatic rings. The van der Waals surface area contributed by atoms with Crippen LogP contribution in [-0.4, -0.2) is 46.5 Å². The van der Waals surface area contributed by atoms with E-state index in [9.17, 15) is 9.18 Å². The topological polar surface area (TPSA) is 37.7 Å². The molecule has 0 unspecified atom stereocenters. The van der Waals surface area contributed by atoms with E-state index in [1.54, 1.807) is 19.2 Å². The van der Waals surface area contributed by atoms with E-state index in [2.05, 4.69) is 21.6 Å². The van der Waals surface area contributed by atoms with Crippen molar-refractivity contribution in [2.45, 2.75) is 25.2 Å². The van der Waals surface area contributed by atoms with Gasteiger partial charge in [0.05, 0.1) is 19.2 Å². The van der Waals surface area contributed by atoms with E-state index in [-0.39, 0.29) is 23.8 Å². The molecule has 2 aromatic carbocycles. The van der Waals surface area contributed by atoms with Crippen molar-refractivity contribution < 1.29 is 13.9 Å². The van der Waals surface area contributed by atoms with Crippen LogP contribution in [0.3, 0.4) is 0 Å². The van der Waals surface area contributed by atoms with Gasteiger partial charge in [-0.2, -0.15) is 0 Å². The minimum absolute atomic E-state index is 0.0359. The predicted octanol–water partition coefficient (Wildman–Crippen LogP) is 3.72. The van der Waals surface area contributed by atoms with Gasteiger partial charge in [0.1, 0.15) is 17.3 Å². The average molecular weight is 405 g/mol. The van der Waals surface area contributed by atoms with E-state index in [1.165, 1.54) is 17.7 Å². The Kier molecular flexibility index (Phi) is 4.79. The number of halogens is 1. The number of carbonyl (C=O) groups is 1. The number of likely N-dealkylation sites (tertiary alicyclic amines) is 1. The largest absolute Gasteiger partial charge is 0.497 e. The van der Waals surface area contributed by atoms with E-state index in [4.69, 9.17) is 4.74 Å². The molecule has 6 heteroatoms. The van der Waals surface area contributed by atoms with Crippen LogP contribution in [0.1, 0.15) is 27.7 Å². The number of fused-ring (bicyclic) bond motifs is 3. The molecular formula is C24H24FN3O2. The van der Waals surface area contributed by atoms with Crippen molar-refractivity contribution in [3.8, 4) is 5.75 Å². The molecule has 5 rings (SSSR count). The molecule has 154 valence electrons. The Balaban J connectivity index is 1.41. The maximum atomic E-state index is 13.3. The van der Waals surface area contributed by atoms with Crippen LogP contribution >= 0.6 is 0 Å². The lowest BCUT2D eigenvalue weighted by atomic mass is 10.0. The van der Waals surface area contributed by atoms with E-state index in [1.807, 2.05) is 35.4 Å². The quantitative estimate of drug-likeness (QED) is 0.649. The van der Waals surface area contributed by atoms with Crippen LogP contribution in [0.25, 0.3) is 0 Å². The Morgan fingerprint density at radius 1 is 0.967 bits per heavy atom. The summed E-state index contributed by atoms with van der Waals surface area (Å²) in [6, 6.07) is 18.7. The Morgan fingerprint density at radius 2 is 1.77 bits per heavy atom. The highest BCUT2D eigenvalue weighted by atomic mass is 19.1. The number of benzene rings is 2. The molecule has 1 aromatic heterocycles. The first kappa shape index (κ1) is 18.9. The van der Waals surface area contributed by atoms with Gasteiger partial charge in [-0.25, -0.2) is 4.39 Å². The number of aromatic nitrogens is 1. The van der Waals surface area contributed by atoms with Gasteiger partial charge in [-0.15, -0.1) is 0 Å². The van der Waals surface area contributed by atoms with Gasteiger partial charge in [-0.05, 0) is 47.5 Å². The van der Waals surface area contributed by atoms with Gasteiger partial charge >= 0.3 is 0 Å². The summed E-state index contributed by atoms with van der Waals surface area (Å²) in [6.45, 7) is 2.96. The zero-order chi connectivity index (χ0) is 20.7. The van der Waals surface area contributed by atoms with Crippen molar-refractivity contribution in [1.82, 2.24) is 14.4 Å². The fourth-order valence-electron chi connectivity index (χ4n) is 4.72. The average Bonchev–Trinajstić information content (AvgIpc) is 3.40. The van der Waals surface area contributed by atoms with Crippen LogP contribution in [0.4, 0.5) is 4.39 Å². The summed E-state index contributed by atoms with van der Waals surface area (Å²) >= 11 is 0. The van der Waals surface area contributed by atoms with Gasteiger partial charge in [0.15, 0.2) is 0 Å². The van der Waals surface area contributed by atoms with Crippen molar-refractivity contribution in [3.05, 3.63) is 89.5 Å². The summed E-state index contributed by atoms with van der Waals surface area (Å²) < 4.78 is 20.8. The number of nitrogens with zero attached hydrogens (tertiary/aromatic N) is 3. The maximum absolute atomic E-state index is 13.3. The fraction of sp³-hybridized carbons (Fsp3) is 0.292. The number of carbonyl (C=O) groups excluding carboxylic acids is 1. The Hall–Kier alpha value is -3.12. The first-order chi connectivity index (χ1) is 14.6. The molecule has 30 heavy (non-hydrogen) atoms. The van der Waals surface area contributed by atoms with Gasteiger partial charge in [0.2, 0.25) is 0 Å². The molecule has 1 fully saturated rings. The summed E-state index contributed by atoms with van der Waals surface area (Å²) in [5.74, 6) is 0.625. The van der Waals surface area contributed by atoms with Gasteiger partial charge < -0.3 is 14.2 Å². The summed E-state index contributed by atoms with van der Waals surface area (Å²) in [7, 11) is 1.68. The second kappa shape index (κ2) is 7.61. The third-order valence-electron chi connectivity index (χ3n) is 6.16. The monoisotopic (exact) mass is 405 g/mol. The van der Waals surface area contributed by atoms with Crippen LogP contribution in [0.5, 0.6) is 5.75 Å². The molecule has 2 aliphatic heterocycles. The number of rotatable bonds is 5. The summed E-state index contributed by atoms with van der Waals surface area (Å²) in [5.41, 5.74) is 2.86. The van der Waals surface area contributed by atoms with Crippen molar-refractivity contribution in [3.63, 3.8) is 0 Å². The molecule has 0 N–H and O–H groups in total. The maximum Gasteiger partial charge on any atom is 0.271 e. The SMILES string of the molecule is COc1cccc(CN2C[C@@H]3[C@@H](C2)n2cccc2C(=O)N3Cc2ccc(F)cc2)c1. The van der Waals surface area contributed by atoms with E-state index < -0.39 is 0 Å². The highest BCUT2D eigenvalue weighted by molar-refractivity contribution is 5.94. The molecule has 0 spiro atoms. The molecule has 0 bridgehead atoms. The minimum Gasteiger partial charge on any atom is -0.497 e. The molecule has 0 aliphatic carbocycles. The molecule has 0 saturated carbocycles. The second-order valence-electron chi connectivity index (χ2n) is 8.04. The molecule has 2 atom stereocenters. The van der Waals surface area contributed by atoms with Crippen molar-refractivity contribution in [2.75, 3.05) is 20.2 Å². The number of hydrogen-bond donors (Lipinski definition) is 0. The molecule has 3 heterocycles. The van der Waals surface area contributed by atoms with Gasteiger partial charge in [0, 0.05) is 32.4 Å². The third kappa shape index (κ3) is 3.37. The molecule has 3 aromatic rings. The Labute approximate surface area is 175 Å². The van der Waals surface area contributed by atoms with Crippen LogP contribution in [-0.2, 0) is 13.1 Å². The lowest BCUT2D eigenvalue weighted by Gasteiger charge is -2.38. The van der Waals surface area contributed by atoms with Crippen LogP contribution in [0.15, 0.2) is 66.9 Å². The zero-order valence-corrected chi connectivity index (χ0v) is 16.9. The van der Waals surface area contributed by atoms with Crippen LogP contribution < -0.4 is 4.74 Å². The molecular weight excluding hydrogens is 381 g/mol. The highest BCUT2D eigenvalue weighted by Crippen LogP contribution is 2.35. The number of amides is 1. The van der Waals surface area contributed by atoms with E-state index in [0.29, 0.717) is 6.54 Å². The van der Waals surface area contributed by atoms with Crippen LogP contribution in [0.2, 0.25) is 0 Å². The lowest BCUT2D eigenvalue weighted by molar-refractivity contribution is 0.0556. The molecule has 1 saturated heterocycles. The van der Waals surface area contributed by atoms with Crippen molar-refractivity contribution in [2.24, 2.45) is 0 Å². The van der Waals surface area contributed by atoms with Gasteiger partial charge in [-0.3, -0.25) is 9.69 Å². The number of ether oxygens (including phenoxy) is 1. The van der Waals surface area contributed by atoms with E-state index in [0.717, 1.165) is 36.6 Å². The lowest BCUT2D eigenvalue weighted by Crippen LogP contribution is -2.49. The Morgan fingerprint density at radius 3 is 2.57 bits per heavy atom. The standard InChI is InChI=1S/C24H24FN3O2/c1-30-20-5-2-4-18(12-20)13-26-15-22-23(16-26)28(14-17-7-9-19(25)10-8-17)24(29)21-6-3-11-27(21)22/h2-12,22-23H,13-16H2,1H3/t22-,23-/m1/s1. The van der Waals surface area contributed by atoms with Crippen molar-refractivity contribution >= 4 is 5.91 Å². The predicted molar refractivity (Wildman–Crippen MR) is 112 cm³/mol. The van der Waals surface area contributed by atoms with Gasteiger partial charge in [-0.1, -0.05) is 24.3 Å². The van der Waals surface area contributed by atoms with Crippen LogP contribution in [0, 0.1) is 5.82 Å². The summed E-state index contributed by atoms with van der Waals surface area (Å²) in [6.07, 6.45) is 2.01. The highest BCUT2D eigenvalue weighted by Gasteiger charge is 2.44. The van der Waals surface area contributed by atoms with Gasteiger partial charge in [0.25, 0.3) is 5.91 Å². The third-order valence-corrected chi connectivity index (χ3v) is 6.16. The molecule has 0 radical (unpaired) electrons. The minimum atomic E-state index is -0.263. The van der Waals surface area contributed by atoms with Crippen molar-refractivity contribution in [1.29, 1.82) is 0 Å². The number of methoxy groups -OCH3 is 1. The molecule has 5 nitrogen and oxygen atoms in total. The Bertz CT molecular complexity index is 1060. The summed E-state index contributed by atoms with van der Waals surface area (Å²) in [4.78, 5) is 17.6. The number of hydrogen-bond acceptors (Lipinski definition) is 3.